The van der Waals surface area contributed by atoms with Crippen molar-refractivity contribution in [1.82, 2.24) is 5.32 Å². The van der Waals surface area contributed by atoms with Crippen LogP contribution >= 0.6 is 0 Å². The molecule has 3 unspecified atom stereocenters. The molecule has 260 valence electrons. The monoisotopic (exact) mass is 626 g/mol. The van der Waals surface area contributed by atoms with E-state index in [1.54, 1.807) is 0 Å². The normalized spacial score (nSPS) is 15.9. The van der Waals surface area contributed by atoms with Crippen LogP contribution in [0, 0.1) is 22.2 Å². The van der Waals surface area contributed by atoms with Crippen LogP contribution in [-0.2, 0) is 23.8 Å². The summed E-state index contributed by atoms with van der Waals surface area (Å²) in [6.07, 6.45) is 11.1. The summed E-state index contributed by atoms with van der Waals surface area (Å²) in [6.45, 7) is 27.4. The molecule has 0 aromatic heterocycles. The van der Waals surface area contributed by atoms with Crippen molar-refractivity contribution >= 4 is 18.0 Å². The molecule has 44 heavy (non-hydrogen) atoms. The van der Waals surface area contributed by atoms with Gasteiger partial charge in [-0.3, -0.25) is 9.59 Å². The van der Waals surface area contributed by atoms with Gasteiger partial charge in [0.05, 0.1) is 12.0 Å². The molecule has 0 aromatic carbocycles. The smallest absolute Gasteiger partial charge is 0.407 e. The fourth-order valence-corrected chi connectivity index (χ4v) is 5.97. The van der Waals surface area contributed by atoms with Gasteiger partial charge < -0.3 is 19.5 Å². The van der Waals surface area contributed by atoms with Gasteiger partial charge in [-0.25, -0.2) is 4.79 Å². The minimum atomic E-state index is -0.647. The van der Waals surface area contributed by atoms with Gasteiger partial charge in [0.25, 0.3) is 0 Å². The van der Waals surface area contributed by atoms with Gasteiger partial charge in [0, 0.05) is 6.42 Å². The molecular weight excluding hydrogens is 554 g/mol. The molecule has 3 atom stereocenters. The molecule has 0 aliphatic heterocycles. The molecule has 0 saturated carbocycles. The number of hydrogen-bond acceptors (Lipinski definition) is 6. The SMILES string of the molecule is CCCCC(CC)CC(C)(CC)OC(=O)CCCCCC(C)(C)OC(=O)NCCOC(=O)C(C)(CC(C)(C)C)C(C)(C)CC. The number of alkyl carbamates (subject to hydrolysis) is 1. The Morgan fingerprint density at radius 1 is 0.773 bits per heavy atom. The van der Waals surface area contributed by atoms with Gasteiger partial charge in [-0.1, -0.05) is 94.4 Å². The molecule has 0 fully saturated rings. The zero-order chi connectivity index (χ0) is 34.2. The van der Waals surface area contributed by atoms with E-state index in [-0.39, 0.29) is 35.9 Å². The van der Waals surface area contributed by atoms with E-state index in [2.05, 4.69) is 74.6 Å². The Labute approximate surface area is 271 Å². The molecule has 0 spiro atoms. The van der Waals surface area contributed by atoms with E-state index >= 15 is 0 Å². The van der Waals surface area contributed by atoms with Crippen LogP contribution in [0.5, 0.6) is 0 Å². The summed E-state index contributed by atoms with van der Waals surface area (Å²) in [4.78, 5) is 38.3. The highest BCUT2D eigenvalue weighted by atomic mass is 16.6. The Balaban J connectivity index is 4.54. The van der Waals surface area contributed by atoms with Crippen LogP contribution in [0.15, 0.2) is 0 Å². The third kappa shape index (κ3) is 16.0. The number of rotatable bonds is 22. The largest absolute Gasteiger partial charge is 0.463 e. The molecule has 0 aliphatic rings. The zero-order valence-electron chi connectivity index (χ0n) is 31.1. The van der Waals surface area contributed by atoms with Crippen LogP contribution in [0.4, 0.5) is 4.79 Å². The van der Waals surface area contributed by atoms with Gasteiger partial charge in [0.2, 0.25) is 0 Å². The maximum Gasteiger partial charge on any atom is 0.407 e. The van der Waals surface area contributed by atoms with Crippen molar-refractivity contribution in [3.8, 4) is 0 Å². The first-order valence-electron chi connectivity index (χ1n) is 17.6. The van der Waals surface area contributed by atoms with E-state index in [0.717, 1.165) is 44.9 Å². The minimum absolute atomic E-state index is 0.0282. The predicted molar refractivity (Wildman–Crippen MR) is 182 cm³/mol. The number of nitrogens with one attached hydrogen (secondary N) is 1. The molecule has 0 aromatic rings. The number of amides is 1. The highest BCUT2D eigenvalue weighted by Crippen LogP contribution is 2.49. The van der Waals surface area contributed by atoms with E-state index in [4.69, 9.17) is 14.2 Å². The van der Waals surface area contributed by atoms with Gasteiger partial charge >= 0.3 is 18.0 Å². The first-order valence-corrected chi connectivity index (χ1v) is 17.6. The summed E-state index contributed by atoms with van der Waals surface area (Å²) < 4.78 is 17.3. The summed E-state index contributed by atoms with van der Waals surface area (Å²) >= 11 is 0. The van der Waals surface area contributed by atoms with Crippen LogP contribution in [0.1, 0.15) is 173 Å². The minimum Gasteiger partial charge on any atom is -0.463 e. The summed E-state index contributed by atoms with van der Waals surface area (Å²) in [5.74, 6) is 0.247. The van der Waals surface area contributed by atoms with Crippen LogP contribution in [0.2, 0.25) is 0 Å². The van der Waals surface area contributed by atoms with Crippen molar-refractivity contribution in [3.05, 3.63) is 0 Å². The summed E-state index contributed by atoms with van der Waals surface area (Å²) in [6, 6.07) is 0. The third-order valence-corrected chi connectivity index (χ3v) is 9.72. The number of unbranched alkanes of at least 4 members (excludes halogenated alkanes) is 3. The lowest BCUT2D eigenvalue weighted by Crippen LogP contribution is -2.46. The Hall–Kier alpha value is -1.79. The highest BCUT2D eigenvalue weighted by Gasteiger charge is 2.49. The lowest BCUT2D eigenvalue weighted by Gasteiger charge is -2.45. The van der Waals surface area contributed by atoms with Gasteiger partial charge in [-0.05, 0) is 89.4 Å². The first kappa shape index (κ1) is 42.2. The maximum absolute atomic E-state index is 13.2. The van der Waals surface area contributed by atoms with Crippen molar-refractivity contribution in [1.29, 1.82) is 0 Å². The molecule has 7 heteroatoms. The van der Waals surface area contributed by atoms with E-state index < -0.39 is 22.7 Å². The van der Waals surface area contributed by atoms with Crippen molar-refractivity contribution in [2.45, 2.75) is 185 Å². The van der Waals surface area contributed by atoms with Gasteiger partial charge in [0.15, 0.2) is 0 Å². The molecule has 0 radical (unpaired) electrons. The average molecular weight is 626 g/mol. The molecule has 0 rings (SSSR count). The molecule has 0 bridgehead atoms. The fourth-order valence-electron chi connectivity index (χ4n) is 5.97. The number of carbonyl (C=O) groups excluding carboxylic acids is 3. The second-order valence-electron chi connectivity index (χ2n) is 16.0. The van der Waals surface area contributed by atoms with Crippen LogP contribution < -0.4 is 5.32 Å². The molecule has 0 heterocycles. The Bertz CT molecular complexity index is 861. The summed E-state index contributed by atoms with van der Waals surface area (Å²) in [7, 11) is 0. The maximum atomic E-state index is 13.2. The van der Waals surface area contributed by atoms with Crippen molar-refractivity contribution in [2.75, 3.05) is 13.2 Å². The number of carbonyl (C=O) groups is 3. The Kier molecular flexibility index (Phi) is 18.2. The lowest BCUT2D eigenvalue weighted by molar-refractivity contribution is -0.166. The zero-order valence-corrected chi connectivity index (χ0v) is 31.1. The summed E-state index contributed by atoms with van der Waals surface area (Å²) in [5.41, 5.74) is -1.94. The van der Waals surface area contributed by atoms with E-state index in [9.17, 15) is 14.4 Å². The fraction of sp³-hybridized carbons (Fsp3) is 0.919. The third-order valence-electron chi connectivity index (χ3n) is 9.72. The van der Waals surface area contributed by atoms with Crippen molar-refractivity contribution < 1.29 is 28.6 Å². The molecule has 1 N–H and O–H groups in total. The Morgan fingerprint density at radius 3 is 1.93 bits per heavy atom. The van der Waals surface area contributed by atoms with E-state index in [1.807, 2.05) is 20.8 Å². The lowest BCUT2D eigenvalue weighted by atomic mass is 9.59. The molecular formula is C37H71NO6. The number of esters is 2. The van der Waals surface area contributed by atoms with E-state index in [1.165, 1.54) is 19.3 Å². The van der Waals surface area contributed by atoms with Gasteiger partial charge in [0.1, 0.15) is 17.8 Å². The Morgan fingerprint density at radius 2 is 1.41 bits per heavy atom. The van der Waals surface area contributed by atoms with Crippen LogP contribution in [0.3, 0.4) is 0 Å². The first-order chi connectivity index (χ1) is 20.2. The van der Waals surface area contributed by atoms with E-state index in [0.29, 0.717) is 25.2 Å². The number of ether oxygens (including phenoxy) is 3. The number of hydrogen-bond donors (Lipinski definition) is 1. The standard InChI is InChI=1S/C37H71NO6/c1-14-18-22-29(15-2)27-36(12,17-4)43-30(39)23-20-19-21-24-35(10,11)44-32(41)38-25-26-42-31(40)37(13,28-33(5,6)7)34(8,9)16-3/h29H,14-28H2,1-13H3,(H,38,41). The van der Waals surface area contributed by atoms with Crippen LogP contribution in [0.25, 0.3) is 0 Å². The second-order valence-corrected chi connectivity index (χ2v) is 16.0. The summed E-state index contributed by atoms with van der Waals surface area (Å²) in [5, 5.41) is 2.72. The quantitative estimate of drug-likeness (QED) is 0.0731. The van der Waals surface area contributed by atoms with Crippen molar-refractivity contribution in [3.63, 3.8) is 0 Å². The molecule has 0 saturated heterocycles. The average Bonchev–Trinajstić information content (AvgIpc) is 2.91. The van der Waals surface area contributed by atoms with Crippen molar-refractivity contribution in [2.24, 2.45) is 22.2 Å². The predicted octanol–water partition coefficient (Wildman–Crippen LogP) is 10.2. The molecule has 1 amide bonds. The van der Waals surface area contributed by atoms with Gasteiger partial charge in [-0.2, -0.15) is 0 Å². The molecule has 0 aliphatic carbocycles. The second kappa shape index (κ2) is 19.0. The van der Waals surface area contributed by atoms with Gasteiger partial charge in [-0.15, -0.1) is 0 Å². The topological polar surface area (TPSA) is 90.9 Å². The highest BCUT2D eigenvalue weighted by molar-refractivity contribution is 5.77. The molecule has 7 nitrogen and oxygen atoms in total. The van der Waals surface area contributed by atoms with Crippen LogP contribution in [-0.4, -0.2) is 42.4 Å².